The fraction of sp³-hybridized carbons (Fsp3) is 0.100. The summed E-state index contributed by atoms with van der Waals surface area (Å²) >= 11 is 0. The average Bonchev–Trinajstić information content (AvgIpc) is 2.54. The lowest BCUT2D eigenvalue weighted by Crippen LogP contribution is -2.27. The highest BCUT2D eigenvalue weighted by molar-refractivity contribution is 5.66. The highest BCUT2D eigenvalue weighted by Crippen LogP contribution is 2.54. The Morgan fingerprint density at radius 3 is 0.800 bits per heavy atom. The van der Waals surface area contributed by atoms with Gasteiger partial charge in [-0.05, 0) is 69.8 Å². The van der Waals surface area contributed by atoms with Crippen molar-refractivity contribution in [2.24, 2.45) is 0 Å². The molecule has 0 N–H and O–H groups in total. The number of hydrogen-bond donors (Lipinski definition) is 0. The molecule has 0 spiro atoms. The normalized spacial score (nSPS) is 21.0. The van der Waals surface area contributed by atoms with Gasteiger partial charge in [-0.2, -0.15) is 0 Å². The minimum Gasteiger partial charge on any atom is -0.0534 e. The third-order valence-corrected chi connectivity index (χ3v) is 4.29. The number of hydrogen-bond acceptors (Lipinski definition) is 0. The van der Waals surface area contributed by atoms with E-state index in [1.165, 1.54) is 33.4 Å². The summed E-state index contributed by atoms with van der Waals surface area (Å²) in [7, 11) is 0. The molecule has 3 aliphatic rings. The highest BCUT2D eigenvalue weighted by Gasteiger charge is 2.41. The van der Waals surface area contributed by atoms with E-state index in [9.17, 15) is 0 Å². The molecule has 88 valence electrons. The lowest BCUT2D eigenvalue weighted by molar-refractivity contribution is 0.747. The van der Waals surface area contributed by atoms with Crippen LogP contribution in [0.5, 0.6) is 0 Å². The van der Waals surface area contributed by atoms with Crippen LogP contribution < -0.4 is 0 Å². The Bertz CT molecular complexity index is 647. The van der Waals surface area contributed by atoms with E-state index in [2.05, 4.69) is 36.4 Å². The molecule has 0 amide bonds. The van der Waals surface area contributed by atoms with Crippen LogP contribution in [-0.4, -0.2) is 0 Å². The molecule has 0 saturated heterocycles. The van der Waals surface area contributed by atoms with Crippen LogP contribution in [0, 0.1) is 36.4 Å². The standard InChI is InChI=1S/C20H8/c1-2-8-14-13(7-1)19-15-9-3-5-11-17(15)20(14)18-12-6-4-10-16(18)19/h1-6,19-20H. The van der Waals surface area contributed by atoms with Gasteiger partial charge in [-0.25, -0.2) is 0 Å². The van der Waals surface area contributed by atoms with Crippen LogP contribution in [0.3, 0.4) is 0 Å². The first-order chi connectivity index (χ1) is 9.95. The number of rotatable bonds is 0. The largest absolute Gasteiger partial charge is 0.0534 e. The molecule has 3 aliphatic carbocycles. The minimum absolute atomic E-state index is 0.160. The maximum Gasteiger partial charge on any atom is 0.0368 e. The van der Waals surface area contributed by atoms with Crippen LogP contribution in [0.25, 0.3) is 0 Å². The van der Waals surface area contributed by atoms with Gasteiger partial charge in [0.25, 0.3) is 0 Å². The quantitative estimate of drug-likeness (QED) is 0.393. The van der Waals surface area contributed by atoms with Crippen LogP contribution in [0.2, 0.25) is 0 Å². The van der Waals surface area contributed by atoms with E-state index >= 15 is 0 Å². The van der Waals surface area contributed by atoms with Crippen molar-refractivity contribution in [3.8, 4) is 0 Å². The number of benzene rings is 3. The van der Waals surface area contributed by atoms with Crippen molar-refractivity contribution in [1.82, 2.24) is 0 Å². The SMILES string of the molecule is [c]1cc[c]c2c1C1c3[c]cc[c]c3C2c2[c]cc[c]c21. The predicted molar refractivity (Wildman–Crippen MR) is 74.2 cm³/mol. The Labute approximate surface area is 118 Å². The van der Waals surface area contributed by atoms with Gasteiger partial charge in [0.2, 0.25) is 0 Å². The second kappa shape index (κ2) is 3.61. The summed E-state index contributed by atoms with van der Waals surface area (Å²) in [6.45, 7) is 0. The summed E-state index contributed by atoms with van der Waals surface area (Å²) in [5, 5.41) is 0. The van der Waals surface area contributed by atoms with E-state index in [4.69, 9.17) is 0 Å². The Morgan fingerprint density at radius 1 is 0.400 bits per heavy atom. The van der Waals surface area contributed by atoms with Crippen molar-refractivity contribution in [1.29, 1.82) is 0 Å². The van der Waals surface area contributed by atoms with Crippen LogP contribution in [0.4, 0.5) is 0 Å². The molecular weight excluding hydrogens is 240 g/mol. The predicted octanol–water partition coefficient (Wildman–Crippen LogP) is 3.47. The molecule has 0 fully saturated rings. The topological polar surface area (TPSA) is 0 Å². The highest BCUT2D eigenvalue weighted by atomic mass is 14.4. The van der Waals surface area contributed by atoms with Crippen molar-refractivity contribution < 1.29 is 0 Å². The Balaban J connectivity index is 1.93. The Morgan fingerprint density at radius 2 is 0.600 bits per heavy atom. The monoisotopic (exact) mass is 248 g/mol. The van der Waals surface area contributed by atoms with Crippen LogP contribution >= 0.6 is 0 Å². The zero-order valence-electron chi connectivity index (χ0n) is 10.6. The molecule has 20 heavy (non-hydrogen) atoms. The maximum atomic E-state index is 3.40. The Kier molecular flexibility index (Phi) is 1.88. The summed E-state index contributed by atoms with van der Waals surface area (Å²) in [4.78, 5) is 0. The molecule has 0 heteroatoms. The molecule has 0 saturated carbocycles. The molecule has 0 aliphatic heterocycles. The molecule has 0 heterocycles. The first-order valence-electron chi connectivity index (χ1n) is 6.71. The molecule has 3 aromatic carbocycles. The smallest absolute Gasteiger partial charge is 0.0368 e. The van der Waals surface area contributed by atoms with Crippen molar-refractivity contribution in [2.45, 2.75) is 11.8 Å². The molecule has 2 bridgehead atoms. The zero-order valence-corrected chi connectivity index (χ0v) is 10.6. The van der Waals surface area contributed by atoms with Crippen molar-refractivity contribution in [2.75, 3.05) is 0 Å². The average molecular weight is 248 g/mol. The van der Waals surface area contributed by atoms with Gasteiger partial charge in [-0.1, -0.05) is 36.4 Å². The summed E-state index contributed by atoms with van der Waals surface area (Å²) in [6.07, 6.45) is 0. The van der Waals surface area contributed by atoms with Crippen molar-refractivity contribution in [3.05, 3.63) is 106 Å². The molecule has 0 unspecified atom stereocenters. The molecule has 0 aromatic heterocycles. The van der Waals surface area contributed by atoms with E-state index in [0.717, 1.165) is 0 Å². The molecule has 0 nitrogen and oxygen atoms in total. The fourth-order valence-corrected chi connectivity index (χ4v) is 3.55. The molecule has 6 radical (unpaired) electrons. The van der Waals surface area contributed by atoms with E-state index in [1.54, 1.807) is 0 Å². The second-order valence-electron chi connectivity index (χ2n) is 5.21. The van der Waals surface area contributed by atoms with Gasteiger partial charge in [0.15, 0.2) is 0 Å². The third kappa shape index (κ3) is 1.13. The first kappa shape index (κ1) is 10.4. The second-order valence-corrected chi connectivity index (χ2v) is 5.21. The van der Waals surface area contributed by atoms with Gasteiger partial charge in [0.05, 0.1) is 0 Å². The van der Waals surface area contributed by atoms with Gasteiger partial charge in [-0.3, -0.25) is 0 Å². The molecule has 6 rings (SSSR count). The zero-order chi connectivity index (χ0) is 13.1. The fourth-order valence-electron chi connectivity index (χ4n) is 3.55. The van der Waals surface area contributed by atoms with Gasteiger partial charge in [-0.15, -0.1) is 0 Å². The lowest BCUT2D eigenvalue weighted by atomic mass is 9.61. The van der Waals surface area contributed by atoms with Crippen LogP contribution in [0.15, 0.2) is 36.4 Å². The molecule has 0 atom stereocenters. The van der Waals surface area contributed by atoms with Gasteiger partial charge in [0.1, 0.15) is 0 Å². The summed E-state index contributed by atoms with van der Waals surface area (Å²) in [5.41, 5.74) is 7.27. The maximum absolute atomic E-state index is 3.40. The Hall–Kier alpha value is -2.34. The minimum atomic E-state index is 0.160. The van der Waals surface area contributed by atoms with Gasteiger partial charge >= 0.3 is 0 Å². The first-order valence-corrected chi connectivity index (χ1v) is 6.71. The van der Waals surface area contributed by atoms with Crippen LogP contribution in [-0.2, 0) is 0 Å². The van der Waals surface area contributed by atoms with Gasteiger partial charge in [0, 0.05) is 11.8 Å². The van der Waals surface area contributed by atoms with Gasteiger partial charge < -0.3 is 0 Å². The van der Waals surface area contributed by atoms with E-state index < -0.39 is 0 Å². The lowest BCUT2D eigenvalue weighted by Gasteiger charge is -2.41. The van der Waals surface area contributed by atoms with E-state index in [-0.39, 0.29) is 11.8 Å². The van der Waals surface area contributed by atoms with E-state index in [1.807, 2.05) is 36.4 Å². The van der Waals surface area contributed by atoms with Crippen molar-refractivity contribution >= 4 is 0 Å². The third-order valence-electron chi connectivity index (χ3n) is 4.29. The molecular formula is C20H8. The summed E-state index contributed by atoms with van der Waals surface area (Å²) < 4.78 is 0. The van der Waals surface area contributed by atoms with E-state index in [0.29, 0.717) is 0 Å². The van der Waals surface area contributed by atoms with Crippen LogP contribution in [0.1, 0.15) is 45.2 Å². The summed E-state index contributed by atoms with van der Waals surface area (Å²) in [5.74, 6) is 0.319. The van der Waals surface area contributed by atoms with Crippen molar-refractivity contribution in [3.63, 3.8) is 0 Å². The molecule has 3 aromatic rings. The summed E-state index contributed by atoms with van der Waals surface area (Å²) in [6, 6.07) is 32.1.